The zero-order chi connectivity index (χ0) is 26.8. The number of carboxylic acid groups (broad SMARTS) is 2. The molecule has 0 spiro atoms. The number of aromatic carboxylic acids is 2. The van der Waals surface area contributed by atoms with Gasteiger partial charge in [-0.2, -0.15) is 0 Å². The molecule has 36 heavy (non-hydrogen) atoms. The summed E-state index contributed by atoms with van der Waals surface area (Å²) in [6.45, 7) is 3.41. The molecular formula is C25H26F2N4O5. The van der Waals surface area contributed by atoms with Crippen LogP contribution in [0.5, 0.6) is 5.75 Å². The summed E-state index contributed by atoms with van der Waals surface area (Å²) in [5.41, 5.74) is 5.80. The van der Waals surface area contributed by atoms with Crippen LogP contribution in [0.15, 0.2) is 60.0 Å². The molecule has 0 aliphatic rings. The second-order valence-corrected chi connectivity index (χ2v) is 7.23. The zero-order valence-corrected chi connectivity index (χ0v) is 19.7. The second-order valence-electron chi connectivity index (χ2n) is 7.23. The number of benzene rings is 2. The van der Waals surface area contributed by atoms with Gasteiger partial charge in [-0.25, -0.2) is 18.4 Å². The molecule has 0 bridgehead atoms. The molecule has 0 amide bonds. The Morgan fingerprint density at radius 3 is 2.44 bits per heavy atom. The summed E-state index contributed by atoms with van der Waals surface area (Å²) in [6.07, 6.45) is 7.13. The molecule has 5 N–H and O–H groups in total. The van der Waals surface area contributed by atoms with E-state index in [1.165, 1.54) is 54.8 Å². The predicted molar refractivity (Wildman–Crippen MR) is 133 cm³/mol. The molecule has 9 nitrogen and oxygen atoms in total. The van der Waals surface area contributed by atoms with E-state index < -0.39 is 23.6 Å². The van der Waals surface area contributed by atoms with E-state index in [-0.39, 0.29) is 52.5 Å². The van der Waals surface area contributed by atoms with Crippen molar-refractivity contribution >= 4 is 30.0 Å². The first-order chi connectivity index (χ1) is 17.1. The molecule has 0 aromatic heterocycles. The maximum Gasteiger partial charge on any atom is 0.337 e. The zero-order valence-electron chi connectivity index (χ0n) is 19.7. The summed E-state index contributed by atoms with van der Waals surface area (Å²) in [6, 6.07) is 4.25. The normalized spacial score (nSPS) is 11.6. The van der Waals surface area contributed by atoms with E-state index in [1.54, 1.807) is 7.05 Å². The van der Waals surface area contributed by atoms with Crippen molar-refractivity contribution in [3.63, 3.8) is 0 Å². The van der Waals surface area contributed by atoms with E-state index in [1.807, 2.05) is 0 Å². The van der Waals surface area contributed by atoms with Crippen LogP contribution >= 0.6 is 0 Å². The lowest BCUT2D eigenvalue weighted by atomic mass is 10.0. The van der Waals surface area contributed by atoms with Crippen LogP contribution in [0.25, 0.3) is 6.08 Å². The van der Waals surface area contributed by atoms with Crippen molar-refractivity contribution in [1.29, 1.82) is 0 Å². The number of hydrogen-bond acceptors (Lipinski definition) is 6. The van der Waals surface area contributed by atoms with Gasteiger partial charge >= 0.3 is 11.9 Å². The Labute approximate surface area is 206 Å². The van der Waals surface area contributed by atoms with Crippen LogP contribution in [0.1, 0.15) is 31.8 Å². The highest BCUT2D eigenvalue weighted by Gasteiger charge is 2.17. The van der Waals surface area contributed by atoms with Crippen molar-refractivity contribution in [2.24, 2.45) is 10.7 Å². The van der Waals surface area contributed by atoms with Crippen LogP contribution in [0.4, 0.5) is 14.5 Å². The van der Waals surface area contributed by atoms with Gasteiger partial charge in [-0.15, -0.1) is 0 Å². The third-order valence-electron chi connectivity index (χ3n) is 4.93. The van der Waals surface area contributed by atoms with Crippen LogP contribution < -0.4 is 15.8 Å². The summed E-state index contributed by atoms with van der Waals surface area (Å²) < 4.78 is 34.3. The van der Waals surface area contributed by atoms with Crippen LogP contribution in [-0.2, 0) is 6.42 Å². The van der Waals surface area contributed by atoms with Gasteiger partial charge in [-0.1, -0.05) is 18.7 Å². The first-order valence-electron chi connectivity index (χ1n) is 10.5. The highest BCUT2D eigenvalue weighted by molar-refractivity contribution is 5.94. The van der Waals surface area contributed by atoms with Gasteiger partial charge in [0, 0.05) is 26.7 Å². The fourth-order valence-electron chi connectivity index (χ4n) is 3.15. The molecule has 0 radical (unpaired) electrons. The molecular weight excluding hydrogens is 474 g/mol. The standard InChI is InChI=1S/C25H26F2N4O5/c1-4-31(14-29-2)23(28)7-5-6-15-11-22(20(27)12-17(15)24(32)33)36-9-8-16-10-18(25(34)35)21(30-3)13-19(16)26/h4-7,10-14,30H,1,8-9,28H2,2-3H3,(H,32,33)(H,34,35)/b6-5+,23-7+,29-14?. The summed E-state index contributed by atoms with van der Waals surface area (Å²) in [4.78, 5) is 28.2. The molecule has 190 valence electrons. The van der Waals surface area contributed by atoms with Crippen molar-refractivity contribution in [2.45, 2.75) is 6.42 Å². The third-order valence-corrected chi connectivity index (χ3v) is 4.93. The monoisotopic (exact) mass is 500 g/mol. The molecule has 0 aliphatic heterocycles. The summed E-state index contributed by atoms with van der Waals surface area (Å²) in [5, 5.41) is 21.4. The highest BCUT2D eigenvalue weighted by atomic mass is 19.1. The molecule has 0 atom stereocenters. The summed E-state index contributed by atoms with van der Waals surface area (Å²) in [5.74, 6) is -4.17. The number of nitrogens with two attached hydrogens (primary N) is 1. The average Bonchev–Trinajstić information content (AvgIpc) is 2.84. The molecule has 0 unspecified atom stereocenters. The predicted octanol–water partition coefficient (Wildman–Crippen LogP) is 3.94. The third kappa shape index (κ3) is 6.92. The lowest BCUT2D eigenvalue weighted by molar-refractivity contribution is 0.0686. The number of nitrogens with one attached hydrogen (secondary N) is 1. The minimum absolute atomic E-state index is 0.0585. The number of allylic oxidation sites excluding steroid dienone is 2. The lowest BCUT2D eigenvalue weighted by Crippen LogP contribution is -2.20. The van der Waals surface area contributed by atoms with Gasteiger partial charge in [-0.3, -0.25) is 9.89 Å². The number of nitrogens with zero attached hydrogens (tertiary/aromatic N) is 2. The molecule has 0 saturated heterocycles. The molecule has 0 heterocycles. The van der Waals surface area contributed by atoms with Crippen molar-refractivity contribution < 1.29 is 33.3 Å². The maximum absolute atomic E-state index is 14.5. The Balaban J connectivity index is 2.27. The number of aliphatic imine (C=N–C) groups is 1. The molecule has 2 aromatic carbocycles. The number of halogens is 2. The first-order valence-corrected chi connectivity index (χ1v) is 10.5. The fraction of sp³-hybridized carbons (Fsp3) is 0.160. The molecule has 0 aliphatic carbocycles. The first kappa shape index (κ1) is 27.6. The van der Waals surface area contributed by atoms with Crippen LogP contribution in [0, 0.1) is 11.6 Å². The number of carbonyl (C=O) groups is 2. The van der Waals surface area contributed by atoms with E-state index in [4.69, 9.17) is 10.5 Å². The topological polar surface area (TPSA) is 137 Å². The number of carboxylic acids is 2. The Hall–Kier alpha value is -4.67. The van der Waals surface area contributed by atoms with E-state index in [9.17, 15) is 28.6 Å². The van der Waals surface area contributed by atoms with Gasteiger partial charge in [0.1, 0.15) is 11.6 Å². The minimum atomic E-state index is -1.35. The van der Waals surface area contributed by atoms with Crippen LogP contribution in [-0.4, -0.2) is 54.1 Å². The maximum atomic E-state index is 14.5. The summed E-state index contributed by atoms with van der Waals surface area (Å²) in [7, 11) is 3.02. The van der Waals surface area contributed by atoms with E-state index in [0.29, 0.717) is 0 Å². The SMILES string of the molecule is C=CN(C=NC)/C(N)=C/C=C/c1cc(OCCc2cc(C(=O)O)c(NC)cc2F)c(F)cc1C(=O)O. The highest BCUT2D eigenvalue weighted by Crippen LogP contribution is 2.25. The Morgan fingerprint density at radius 2 is 1.86 bits per heavy atom. The molecule has 0 saturated carbocycles. The molecule has 11 heteroatoms. The quantitative estimate of drug-likeness (QED) is 0.195. The van der Waals surface area contributed by atoms with Gasteiger partial charge in [0.05, 0.1) is 29.8 Å². The fourth-order valence-corrected chi connectivity index (χ4v) is 3.15. The van der Waals surface area contributed by atoms with Crippen molar-refractivity contribution in [1.82, 2.24) is 4.90 Å². The number of ether oxygens (including phenoxy) is 1. The molecule has 2 rings (SSSR count). The van der Waals surface area contributed by atoms with Gasteiger partial charge < -0.3 is 26.0 Å². The Morgan fingerprint density at radius 1 is 1.17 bits per heavy atom. The summed E-state index contributed by atoms with van der Waals surface area (Å²) >= 11 is 0. The van der Waals surface area contributed by atoms with E-state index >= 15 is 0 Å². The number of rotatable bonds is 12. The molecule has 2 aromatic rings. The Kier molecular flexibility index (Phi) is 9.73. The number of hydrogen-bond donors (Lipinski definition) is 4. The van der Waals surface area contributed by atoms with Crippen LogP contribution in [0.2, 0.25) is 0 Å². The Bertz CT molecular complexity index is 1240. The van der Waals surface area contributed by atoms with Gasteiger partial charge in [0.2, 0.25) is 0 Å². The van der Waals surface area contributed by atoms with E-state index in [0.717, 1.165) is 12.1 Å². The van der Waals surface area contributed by atoms with Crippen molar-refractivity contribution in [3.8, 4) is 5.75 Å². The number of anilines is 1. The van der Waals surface area contributed by atoms with Crippen molar-refractivity contribution in [2.75, 3.05) is 26.0 Å². The average molecular weight is 501 g/mol. The van der Waals surface area contributed by atoms with Gasteiger partial charge in [-0.05, 0) is 41.5 Å². The lowest BCUT2D eigenvalue weighted by Gasteiger charge is -2.13. The van der Waals surface area contributed by atoms with Crippen molar-refractivity contribution in [3.05, 3.63) is 88.9 Å². The molecule has 0 fully saturated rings. The second kappa shape index (κ2) is 12.7. The smallest absolute Gasteiger partial charge is 0.337 e. The largest absolute Gasteiger partial charge is 0.490 e. The van der Waals surface area contributed by atoms with Gasteiger partial charge in [0.25, 0.3) is 0 Å². The van der Waals surface area contributed by atoms with Gasteiger partial charge in [0.15, 0.2) is 11.6 Å². The van der Waals surface area contributed by atoms with E-state index in [2.05, 4.69) is 16.9 Å². The minimum Gasteiger partial charge on any atom is -0.490 e. The van der Waals surface area contributed by atoms with Crippen LogP contribution in [0.3, 0.4) is 0 Å².